The molecule has 0 bridgehead atoms. The first-order valence-corrected chi connectivity index (χ1v) is 6.32. The maximum absolute atomic E-state index is 9.26. The SMILES string of the molecule is CC1COC(CO)CN1c1ncnc2c1cnn2C. The van der Waals surface area contributed by atoms with Crippen LogP contribution in [0, 0.1) is 0 Å². The minimum absolute atomic E-state index is 0.0183. The van der Waals surface area contributed by atoms with Crippen LogP contribution in [-0.2, 0) is 11.8 Å². The van der Waals surface area contributed by atoms with Gasteiger partial charge in [-0.05, 0) is 6.92 Å². The van der Waals surface area contributed by atoms with E-state index in [1.54, 1.807) is 17.2 Å². The van der Waals surface area contributed by atoms with Gasteiger partial charge in [-0.2, -0.15) is 5.10 Å². The van der Waals surface area contributed by atoms with Gasteiger partial charge < -0.3 is 14.7 Å². The first-order valence-electron chi connectivity index (χ1n) is 6.32. The van der Waals surface area contributed by atoms with E-state index in [-0.39, 0.29) is 18.8 Å². The fourth-order valence-electron chi connectivity index (χ4n) is 2.40. The van der Waals surface area contributed by atoms with Gasteiger partial charge >= 0.3 is 0 Å². The summed E-state index contributed by atoms with van der Waals surface area (Å²) in [5.74, 6) is 0.854. The fourth-order valence-corrected chi connectivity index (χ4v) is 2.40. The lowest BCUT2D eigenvalue weighted by molar-refractivity contribution is -0.0104. The van der Waals surface area contributed by atoms with E-state index in [1.165, 1.54) is 0 Å². The second kappa shape index (κ2) is 4.75. The van der Waals surface area contributed by atoms with Gasteiger partial charge in [-0.15, -0.1) is 0 Å². The number of ether oxygens (including phenoxy) is 1. The Labute approximate surface area is 110 Å². The van der Waals surface area contributed by atoms with Crippen molar-refractivity contribution in [2.45, 2.75) is 19.1 Å². The molecule has 0 spiro atoms. The number of hydrogen-bond acceptors (Lipinski definition) is 6. The maximum atomic E-state index is 9.26. The van der Waals surface area contributed by atoms with Gasteiger partial charge in [-0.25, -0.2) is 9.97 Å². The summed E-state index contributed by atoms with van der Waals surface area (Å²) in [5.41, 5.74) is 0.809. The van der Waals surface area contributed by atoms with Gasteiger partial charge in [0, 0.05) is 13.6 Å². The molecule has 0 radical (unpaired) electrons. The third-order valence-electron chi connectivity index (χ3n) is 3.49. The molecule has 7 nitrogen and oxygen atoms in total. The molecule has 1 aliphatic rings. The number of anilines is 1. The summed E-state index contributed by atoms with van der Waals surface area (Å²) in [7, 11) is 1.86. The van der Waals surface area contributed by atoms with Crippen molar-refractivity contribution in [3.05, 3.63) is 12.5 Å². The van der Waals surface area contributed by atoms with Crippen LogP contribution in [0.3, 0.4) is 0 Å². The van der Waals surface area contributed by atoms with E-state index in [1.807, 2.05) is 7.05 Å². The van der Waals surface area contributed by atoms with Crippen molar-refractivity contribution in [1.82, 2.24) is 19.7 Å². The Morgan fingerprint density at radius 1 is 1.47 bits per heavy atom. The van der Waals surface area contributed by atoms with Crippen molar-refractivity contribution in [2.75, 3.05) is 24.7 Å². The molecule has 0 aliphatic carbocycles. The summed E-state index contributed by atoms with van der Waals surface area (Å²) in [6.07, 6.45) is 3.16. The van der Waals surface area contributed by atoms with Crippen molar-refractivity contribution >= 4 is 16.9 Å². The number of nitrogens with zero attached hydrogens (tertiary/aromatic N) is 5. The molecule has 3 heterocycles. The van der Waals surface area contributed by atoms with E-state index in [4.69, 9.17) is 4.74 Å². The summed E-state index contributed by atoms with van der Waals surface area (Å²) >= 11 is 0. The average Bonchev–Trinajstić information content (AvgIpc) is 2.81. The predicted octanol–water partition coefficient (Wildman–Crippen LogP) is -0.0507. The largest absolute Gasteiger partial charge is 0.394 e. The van der Waals surface area contributed by atoms with Crippen LogP contribution >= 0.6 is 0 Å². The molecule has 102 valence electrons. The Morgan fingerprint density at radius 2 is 2.32 bits per heavy atom. The van der Waals surface area contributed by atoms with E-state index in [0.29, 0.717) is 13.2 Å². The third-order valence-corrected chi connectivity index (χ3v) is 3.49. The van der Waals surface area contributed by atoms with Crippen LogP contribution in [0.15, 0.2) is 12.5 Å². The normalized spacial score (nSPS) is 24.1. The smallest absolute Gasteiger partial charge is 0.163 e. The van der Waals surface area contributed by atoms with Crippen LogP contribution in [0.1, 0.15) is 6.92 Å². The molecule has 3 rings (SSSR count). The molecule has 1 N–H and O–H groups in total. The molecule has 7 heteroatoms. The molecule has 2 unspecified atom stereocenters. The zero-order valence-corrected chi connectivity index (χ0v) is 11.0. The average molecular weight is 263 g/mol. The first-order chi connectivity index (χ1) is 9.20. The van der Waals surface area contributed by atoms with Crippen LogP contribution in [-0.4, -0.2) is 56.8 Å². The predicted molar refractivity (Wildman–Crippen MR) is 69.9 cm³/mol. The highest BCUT2D eigenvalue weighted by atomic mass is 16.5. The van der Waals surface area contributed by atoms with Gasteiger partial charge in [0.15, 0.2) is 5.65 Å². The quantitative estimate of drug-likeness (QED) is 0.818. The van der Waals surface area contributed by atoms with Crippen molar-refractivity contribution in [2.24, 2.45) is 7.05 Å². The van der Waals surface area contributed by atoms with E-state index < -0.39 is 0 Å². The van der Waals surface area contributed by atoms with Gasteiger partial charge in [-0.1, -0.05) is 0 Å². The maximum Gasteiger partial charge on any atom is 0.163 e. The van der Waals surface area contributed by atoms with Crippen molar-refractivity contribution < 1.29 is 9.84 Å². The lowest BCUT2D eigenvalue weighted by Crippen LogP contribution is -2.50. The Balaban J connectivity index is 2.02. The number of aliphatic hydroxyl groups is 1. The second-order valence-electron chi connectivity index (χ2n) is 4.84. The van der Waals surface area contributed by atoms with Crippen molar-refractivity contribution in [1.29, 1.82) is 0 Å². The zero-order valence-electron chi connectivity index (χ0n) is 11.0. The zero-order chi connectivity index (χ0) is 13.4. The van der Waals surface area contributed by atoms with Crippen LogP contribution in [0.4, 0.5) is 5.82 Å². The summed E-state index contributed by atoms with van der Waals surface area (Å²) in [4.78, 5) is 10.8. The molecule has 1 fully saturated rings. The molecule has 1 saturated heterocycles. The van der Waals surface area contributed by atoms with Crippen LogP contribution in [0.25, 0.3) is 11.0 Å². The number of rotatable bonds is 2. The van der Waals surface area contributed by atoms with Gasteiger partial charge in [-0.3, -0.25) is 4.68 Å². The van der Waals surface area contributed by atoms with Gasteiger partial charge in [0.05, 0.1) is 36.9 Å². The lowest BCUT2D eigenvalue weighted by Gasteiger charge is -2.38. The minimum atomic E-state index is -0.169. The number of aromatic nitrogens is 4. The fraction of sp³-hybridized carbons (Fsp3) is 0.583. The Kier molecular flexibility index (Phi) is 3.08. The first kappa shape index (κ1) is 12.3. The molecule has 19 heavy (non-hydrogen) atoms. The molecule has 2 aromatic rings. The third kappa shape index (κ3) is 2.04. The van der Waals surface area contributed by atoms with E-state index in [9.17, 15) is 5.11 Å². The minimum Gasteiger partial charge on any atom is -0.394 e. The Hall–Kier alpha value is -1.73. The second-order valence-corrected chi connectivity index (χ2v) is 4.84. The van der Waals surface area contributed by atoms with Gasteiger partial charge in [0.25, 0.3) is 0 Å². The lowest BCUT2D eigenvalue weighted by atomic mass is 10.2. The molecular weight excluding hydrogens is 246 g/mol. The number of aliphatic hydroxyl groups excluding tert-OH is 1. The van der Waals surface area contributed by atoms with Crippen molar-refractivity contribution in [3.8, 4) is 0 Å². The van der Waals surface area contributed by atoms with E-state index >= 15 is 0 Å². The molecular formula is C12H17N5O2. The van der Waals surface area contributed by atoms with Crippen molar-refractivity contribution in [3.63, 3.8) is 0 Å². The molecule has 2 atom stereocenters. The Morgan fingerprint density at radius 3 is 3.11 bits per heavy atom. The van der Waals surface area contributed by atoms with Crippen LogP contribution < -0.4 is 4.90 Å². The summed E-state index contributed by atoms with van der Waals surface area (Å²) < 4.78 is 7.28. The molecule has 2 aromatic heterocycles. The molecule has 1 aliphatic heterocycles. The number of hydrogen-bond donors (Lipinski definition) is 1. The highest BCUT2D eigenvalue weighted by Gasteiger charge is 2.28. The van der Waals surface area contributed by atoms with Crippen LogP contribution in [0.2, 0.25) is 0 Å². The summed E-state index contributed by atoms with van der Waals surface area (Å²) in [6, 6.07) is 0.209. The highest BCUT2D eigenvalue weighted by Crippen LogP contribution is 2.26. The Bertz CT molecular complexity index is 585. The monoisotopic (exact) mass is 263 g/mol. The van der Waals surface area contributed by atoms with Gasteiger partial charge in [0.1, 0.15) is 12.1 Å². The van der Waals surface area contributed by atoms with E-state index in [0.717, 1.165) is 16.9 Å². The number of morpholine rings is 1. The van der Waals surface area contributed by atoms with Gasteiger partial charge in [0.2, 0.25) is 0 Å². The summed E-state index contributed by atoms with van der Waals surface area (Å²) in [6.45, 7) is 3.30. The molecule has 0 aromatic carbocycles. The molecule has 0 amide bonds. The highest BCUT2D eigenvalue weighted by molar-refractivity contribution is 5.86. The molecule has 0 saturated carbocycles. The topological polar surface area (TPSA) is 76.3 Å². The summed E-state index contributed by atoms with van der Waals surface area (Å²) in [5, 5.41) is 14.4. The number of aryl methyl sites for hydroxylation is 1. The van der Waals surface area contributed by atoms with Crippen LogP contribution in [0.5, 0.6) is 0 Å². The standard InChI is InChI=1S/C12H17N5O2/c1-8-6-19-9(5-18)4-17(8)12-10-3-15-16(2)11(10)13-7-14-12/h3,7-9,18H,4-6H2,1-2H3. The van der Waals surface area contributed by atoms with E-state index in [2.05, 4.69) is 26.9 Å². The number of fused-ring (bicyclic) bond motifs is 1.